The number of primary sulfonamides is 1. The monoisotopic (exact) mass is 340 g/mol. The number of sulfonamides is 1. The van der Waals surface area contributed by atoms with E-state index >= 15 is 0 Å². The Bertz CT molecular complexity index is 560. The molecule has 0 aliphatic carbocycles. The Balaban J connectivity index is 2.81. The molecule has 0 aliphatic rings. The van der Waals surface area contributed by atoms with Crippen molar-refractivity contribution in [1.29, 1.82) is 0 Å². The van der Waals surface area contributed by atoms with Crippen LogP contribution in [0.3, 0.4) is 0 Å². The maximum Gasteiger partial charge on any atom is 0.239 e. The molecule has 1 rings (SSSR count). The third-order valence-corrected chi connectivity index (χ3v) is 4.52. The van der Waals surface area contributed by atoms with Gasteiger partial charge in [0, 0.05) is 12.6 Å². The first-order chi connectivity index (χ1) is 9.29. The Hall–Kier alpha value is -0.530. The Morgan fingerprint density at radius 1 is 1.20 bits per heavy atom. The van der Waals surface area contributed by atoms with Gasteiger partial charge in [0.1, 0.15) is 17.3 Å². The van der Waals surface area contributed by atoms with Gasteiger partial charge in [0.2, 0.25) is 10.0 Å². The fraction of sp³-hybridized carbons (Fsp3) is 0.500. The summed E-state index contributed by atoms with van der Waals surface area (Å²) in [5, 5.41) is 5.19. The number of benzene rings is 1. The maximum atomic E-state index is 11.3. The molecule has 0 atom stereocenters. The van der Waals surface area contributed by atoms with E-state index in [9.17, 15) is 8.42 Å². The van der Waals surface area contributed by atoms with E-state index in [0.717, 1.165) is 19.6 Å². The Labute approximate surface area is 129 Å². The number of nitrogens with zero attached hydrogens (tertiary/aromatic N) is 1. The highest BCUT2D eigenvalue weighted by atomic mass is 35.5. The van der Waals surface area contributed by atoms with Crippen LogP contribution in [-0.2, 0) is 10.0 Å². The van der Waals surface area contributed by atoms with Gasteiger partial charge in [0.25, 0.3) is 0 Å². The third-order valence-electron chi connectivity index (χ3n) is 2.85. The zero-order chi connectivity index (χ0) is 15.3. The van der Waals surface area contributed by atoms with Crippen molar-refractivity contribution in [3.63, 3.8) is 0 Å². The van der Waals surface area contributed by atoms with Crippen molar-refractivity contribution in [3.05, 3.63) is 22.2 Å². The largest absolute Gasteiger partial charge is 0.491 e. The van der Waals surface area contributed by atoms with E-state index in [4.69, 9.17) is 33.1 Å². The van der Waals surface area contributed by atoms with E-state index in [2.05, 4.69) is 18.7 Å². The van der Waals surface area contributed by atoms with Gasteiger partial charge in [-0.2, -0.15) is 0 Å². The molecule has 8 heteroatoms. The lowest BCUT2D eigenvalue weighted by molar-refractivity contribution is 0.223. The molecule has 2 N–H and O–H groups in total. The molecular weight excluding hydrogens is 323 g/mol. The van der Waals surface area contributed by atoms with Crippen LogP contribution in [0.5, 0.6) is 5.75 Å². The summed E-state index contributed by atoms with van der Waals surface area (Å²) < 4.78 is 28.1. The molecule has 0 amide bonds. The molecule has 0 saturated carbocycles. The molecule has 0 spiro atoms. The van der Waals surface area contributed by atoms with Crippen LogP contribution >= 0.6 is 23.2 Å². The van der Waals surface area contributed by atoms with Gasteiger partial charge in [-0.1, -0.05) is 37.0 Å². The molecule has 1 aromatic carbocycles. The van der Waals surface area contributed by atoms with Crippen LogP contribution in [-0.4, -0.2) is 39.6 Å². The van der Waals surface area contributed by atoms with Crippen LogP contribution in [0.1, 0.15) is 13.8 Å². The molecule has 1 aromatic rings. The van der Waals surface area contributed by atoms with Crippen molar-refractivity contribution in [2.75, 3.05) is 26.2 Å². The summed E-state index contributed by atoms with van der Waals surface area (Å²) in [7, 11) is -3.89. The molecule has 20 heavy (non-hydrogen) atoms. The van der Waals surface area contributed by atoms with Crippen molar-refractivity contribution in [2.24, 2.45) is 5.14 Å². The maximum absolute atomic E-state index is 11.3. The van der Waals surface area contributed by atoms with E-state index in [-0.39, 0.29) is 14.9 Å². The summed E-state index contributed by atoms with van der Waals surface area (Å²) in [5.41, 5.74) is 0. The van der Waals surface area contributed by atoms with Gasteiger partial charge in [0.15, 0.2) is 0 Å². The molecule has 0 aromatic heterocycles. The predicted molar refractivity (Wildman–Crippen MR) is 81.1 cm³/mol. The molecule has 0 heterocycles. The smallest absolute Gasteiger partial charge is 0.239 e. The minimum Gasteiger partial charge on any atom is -0.491 e. The van der Waals surface area contributed by atoms with E-state index in [0.29, 0.717) is 12.4 Å². The number of hydrogen-bond donors (Lipinski definition) is 1. The van der Waals surface area contributed by atoms with Crippen molar-refractivity contribution in [1.82, 2.24) is 4.90 Å². The van der Waals surface area contributed by atoms with Gasteiger partial charge in [-0.25, -0.2) is 13.6 Å². The summed E-state index contributed by atoms with van der Waals surface area (Å²) in [6, 6.07) is 2.57. The van der Waals surface area contributed by atoms with Gasteiger partial charge in [-0.3, -0.25) is 0 Å². The van der Waals surface area contributed by atoms with Crippen molar-refractivity contribution < 1.29 is 13.2 Å². The summed E-state index contributed by atoms with van der Waals surface area (Å²) in [6.07, 6.45) is 0. The minimum absolute atomic E-state index is 0.00487. The van der Waals surface area contributed by atoms with Gasteiger partial charge in [0.05, 0.1) is 10.0 Å². The van der Waals surface area contributed by atoms with Crippen molar-refractivity contribution in [2.45, 2.75) is 18.7 Å². The van der Waals surface area contributed by atoms with Crippen molar-refractivity contribution >= 4 is 33.2 Å². The first kappa shape index (κ1) is 17.5. The average molecular weight is 341 g/mol. The highest BCUT2D eigenvalue weighted by Crippen LogP contribution is 2.33. The molecule has 0 fully saturated rings. The fourth-order valence-electron chi connectivity index (χ4n) is 1.66. The number of ether oxygens (including phenoxy) is 1. The molecule has 0 radical (unpaired) electrons. The highest BCUT2D eigenvalue weighted by molar-refractivity contribution is 7.89. The standard InChI is InChI=1S/C12H18Cl2N2O3S/c1-3-16(4-2)5-6-19-11-7-10(14)12(8-9(11)13)20(15,17)18/h7-8H,3-6H2,1-2H3,(H2,15,17,18). The Morgan fingerprint density at radius 2 is 1.80 bits per heavy atom. The first-order valence-corrected chi connectivity index (χ1v) is 8.46. The molecule has 114 valence electrons. The lowest BCUT2D eigenvalue weighted by Gasteiger charge is -2.18. The first-order valence-electron chi connectivity index (χ1n) is 6.16. The lowest BCUT2D eigenvalue weighted by Crippen LogP contribution is -2.27. The van der Waals surface area contributed by atoms with Gasteiger partial charge < -0.3 is 9.64 Å². The molecule has 0 aliphatic heterocycles. The third kappa shape index (κ3) is 4.79. The Morgan fingerprint density at radius 3 is 2.30 bits per heavy atom. The van der Waals surface area contributed by atoms with Gasteiger partial charge >= 0.3 is 0 Å². The quantitative estimate of drug-likeness (QED) is 0.826. The van der Waals surface area contributed by atoms with Gasteiger partial charge in [-0.15, -0.1) is 0 Å². The Kier molecular flexibility index (Phi) is 6.54. The van der Waals surface area contributed by atoms with Crippen LogP contribution in [0.25, 0.3) is 0 Å². The summed E-state index contributed by atoms with van der Waals surface area (Å²) >= 11 is 11.8. The second-order valence-electron chi connectivity index (χ2n) is 4.13. The zero-order valence-corrected chi connectivity index (χ0v) is 13.7. The number of halogens is 2. The van der Waals surface area contributed by atoms with Gasteiger partial charge in [-0.05, 0) is 19.2 Å². The fourth-order valence-corrected chi connectivity index (χ4v) is 3.04. The molecule has 5 nitrogen and oxygen atoms in total. The SMILES string of the molecule is CCN(CC)CCOc1cc(Cl)c(S(N)(=O)=O)cc1Cl. The van der Waals surface area contributed by atoms with Crippen LogP contribution in [0, 0.1) is 0 Å². The number of likely N-dealkylation sites (N-methyl/N-ethyl adjacent to an activating group) is 1. The second kappa shape index (κ2) is 7.47. The predicted octanol–water partition coefficient (Wildman–Crippen LogP) is 2.36. The number of nitrogens with two attached hydrogens (primary N) is 1. The highest BCUT2D eigenvalue weighted by Gasteiger charge is 2.16. The van der Waals surface area contributed by atoms with E-state index in [1.807, 2.05) is 0 Å². The number of hydrogen-bond acceptors (Lipinski definition) is 4. The molecule has 0 unspecified atom stereocenters. The molecular formula is C12H18Cl2N2O3S. The minimum atomic E-state index is -3.89. The summed E-state index contributed by atoms with van der Waals surface area (Å²) in [5.74, 6) is 0.344. The lowest BCUT2D eigenvalue weighted by atomic mass is 10.3. The van der Waals surface area contributed by atoms with Crippen LogP contribution in [0.15, 0.2) is 17.0 Å². The number of rotatable bonds is 7. The van der Waals surface area contributed by atoms with E-state index in [1.165, 1.54) is 12.1 Å². The van der Waals surface area contributed by atoms with Crippen LogP contribution in [0.4, 0.5) is 0 Å². The zero-order valence-electron chi connectivity index (χ0n) is 11.4. The topological polar surface area (TPSA) is 72.6 Å². The van der Waals surface area contributed by atoms with E-state index in [1.54, 1.807) is 0 Å². The summed E-state index contributed by atoms with van der Waals surface area (Å²) in [4.78, 5) is 1.98. The van der Waals surface area contributed by atoms with Crippen molar-refractivity contribution in [3.8, 4) is 5.75 Å². The summed E-state index contributed by atoms with van der Waals surface area (Å²) in [6.45, 7) is 7.17. The van der Waals surface area contributed by atoms with Crippen LogP contribution < -0.4 is 9.88 Å². The molecule has 0 saturated heterocycles. The normalized spacial score (nSPS) is 11.9. The molecule has 0 bridgehead atoms. The second-order valence-corrected chi connectivity index (χ2v) is 6.48. The average Bonchev–Trinajstić information content (AvgIpc) is 2.36. The van der Waals surface area contributed by atoms with Crippen LogP contribution in [0.2, 0.25) is 10.0 Å². The van der Waals surface area contributed by atoms with E-state index < -0.39 is 10.0 Å².